The highest BCUT2D eigenvalue weighted by Gasteiger charge is 2.38. The molecule has 0 bridgehead atoms. The first-order chi connectivity index (χ1) is 8.12. The molecular formula is C11H18F3NO3. The number of halogens is 3. The second-order valence-corrected chi connectivity index (χ2v) is 4.49. The average Bonchev–Trinajstić information content (AvgIpc) is 2.20. The standard InChI is InChI=1S/C9H17NO.C2HF3O2/c1-7(11)6-8-2-4-9(10)5-3-8;3-2(4,5)1(6)7/h8-9H,2-6,10H2,1H3;(H,6,7). The van der Waals surface area contributed by atoms with Crippen LogP contribution < -0.4 is 5.73 Å². The van der Waals surface area contributed by atoms with Gasteiger partial charge in [-0.15, -0.1) is 0 Å². The smallest absolute Gasteiger partial charge is 0.475 e. The van der Waals surface area contributed by atoms with E-state index in [1.54, 1.807) is 6.92 Å². The Kier molecular flexibility index (Phi) is 6.90. The lowest BCUT2D eigenvalue weighted by molar-refractivity contribution is -0.192. The first kappa shape index (κ1) is 16.9. The summed E-state index contributed by atoms with van der Waals surface area (Å²) in [4.78, 5) is 19.7. The Balaban J connectivity index is 0.000000360. The molecule has 0 atom stereocenters. The molecule has 0 amide bonds. The van der Waals surface area contributed by atoms with Crippen LogP contribution in [0.2, 0.25) is 0 Å². The van der Waals surface area contributed by atoms with Crippen molar-refractivity contribution in [3.63, 3.8) is 0 Å². The molecule has 1 saturated carbocycles. The molecule has 4 nitrogen and oxygen atoms in total. The molecule has 3 N–H and O–H groups in total. The van der Waals surface area contributed by atoms with E-state index in [0.717, 1.165) is 32.1 Å². The third-order valence-corrected chi connectivity index (χ3v) is 2.71. The maximum absolute atomic E-state index is 10.8. The van der Waals surface area contributed by atoms with Crippen LogP contribution in [0.4, 0.5) is 13.2 Å². The Morgan fingerprint density at radius 2 is 1.61 bits per heavy atom. The van der Waals surface area contributed by atoms with Crippen LogP contribution in [0.1, 0.15) is 39.0 Å². The predicted octanol–water partition coefficient (Wildman–Crippen LogP) is 2.12. The Labute approximate surface area is 103 Å². The molecule has 0 aromatic rings. The fraction of sp³-hybridized carbons (Fsp3) is 0.818. The van der Waals surface area contributed by atoms with Gasteiger partial charge in [0.2, 0.25) is 0 Å². The van der Waals surface area contributed by atoms with E-state index in [1.165, 1.54) is 0 Å². The highest BCUT2D eigenvalue weighted by Crippen LogP contribution is 2.25. The Hall–Kier alpha value is -1.11. The molecule has 0 saturated heterocycles. The van der Waals surface area contributed by atoms with Gasteiger partial charge < -0.3 is 15.6 Å². The Morgan fingerprint density at radius 3 is 1.89 bits per heavy atom. The van der Waals surface area contributed by atoms with E-state index in [9.17, 15) is 18.0 Å². The zero-order valence-corrected chi connectivity index (χ0v) is 10.2. The summed E-state index contributed by atoms with van der Waals surface area (Å²) in [5.41, 5.74) is 5.74. The lowest BCUT2D eigenvalue weighted by Crippen LogP contribution is -2.27. The normalized spacial score (nSPS) is 23.8. The number of carboxylic acids is 1. The van der Waals surface area contributed by atoms with Gasteiger partial charge in [0, 0.05) is 12.5 Å². The summed E-state index contributed by atoms with van der Waals surface area (Å²) < 4.78 is 31.7. The third kappa shape index (κ3) is 8.05. The SMILES string of the molecule is CC(=O)CC1CCC(N)CC1.O=C(O)C(F)(F)F. The van der Waals surface area contributed by atoms with Crippen LogP contribution in [0.3, 0.4) is 0 Å². The summed E-state index contributed by atoms with van der Waals surface area (Å²) in [5.74, 6) is -1.80. The van der Waals surface area contributed by atoms with Crippen molar-refractivity contribution in [3.8, 4) is 0 Å². The fourth-order valence-electron chi connectivity index (χ4n) is 1.80. The highest BCUT2D eigenvalue weighted by molar-refractivity contribution is 5.75. The summed E-state index contributed by atoms with van der Waals surface area (Å²) in [6.45, 7) is 1.68. The number of carboxylic acid groups (broad SMARTS) is 1. The average molecular weight is 269 g/mol. The molecule has 0 aromatic carbocycles. The van der Waals surface area contributed by atoms with Gasteiger partial charge in [-0.3, -0.25) is 0 Å². The molecule has 1 fully saturated rings. The van der Waals surface area contributed by atoms with Crippen LogP contribution in [0.25, 0.3) is 0 Å². The van der Waals surface area contributed by atoms with Gasteiger partial charge in [0.15, 0.2) is 0 Å². The fourth-order valence-corrected chi connectivity index (χ4v) is 1.80. The number of hydrogen-bond acceptors (Lipinski definition) is 3. The lowest BCUT2D eigenvalue weighted by atomic mass is 9.84. The molecule has 0 radical (unpaired) electrons. The molecule has 0 aliphatic heterocycles. The van der Waals surface area contributed by atoms with Crippen molar-refractivity contribution in [1.29, 1.82) is 0 Å². The zero-order valence-electron chi connectivity index (χ0n) is 10.2. The molecule has 0 unspecified atom stereocenters. The minimum Gasteiger partial charge on any atom is -0.475 e. The van der Waals surface area contributed by atoms with Crippen molar-refractivity contribution in [3.05, 3.63) is 0 Å². The third-order valence-electron chi connectivity index (χ3n) is 2.71. The number of nitrogens with two attached hydrogens (primary N) is 1. The largest absolute Gasteiger partial charge is 0.490 e. The Bertz CT molecular complexity index is 284. The molecule has 1 aliphatic rings. The molecule has 18 heavy (non-hydrogen) atoms. The topological polar surface area (TPSA) is 80.4 Å². The molecule has 0 aromatic heterocycles. The number of Topliss-reactive ketones (excluding diaryl/α,β-unsaturated/α-hetero) is 1. The van der Waals surface area contributed by atoms with Gasteiger partial charge in [0.25, 0.3) is 0 Å². The van der Waals surface area contributed by atoms with Crippen molar-refractivity contribution in [2.75, 3.05) is 0 Å². The maximum atomic E-state index is 10.8. The molecule has 0 spiro atoms. The van der Waals surface area contributed by atoms with E-state index < -0.39 is 12.1 Å². The van der Waals surface area contributed by atoms with Crippen LogP contribution in [-0.4, -0.2) is 29.1 Å². The van der Waals surface area contributed by atoms with Gasteiger partial charge in [-0.2, -0.15) is 13.2 Å². The van der Waals surface area contributed by atoms with Gasteiger partial charge >= 0.3 is 12.1 Å². The summed E-state index contributed by atoms with van der Waals surface area (Å²) in [7, 11) is 0. The summed E-state index contributed by atoms with van der Waals surface area (Å²) in [5, 5.41) is 7.12. The van der Waals surface area contributed by atoms with E-state index in [0.29, 0.717) is 17.7 Å². The van der Waals surface area contributed by atoms with E-state index in [4.69, 9.17) is 15.6 Å². The lowest BCUT2D eigenvalue weighted by Gasteiger charge is -2.24. The minimum atomic E-state index is -5.08. The number of hydrogen-bond donors (Lipinski definition) is 2. The number of aliphatic carboxylic acids is 1. The number of alkyl halides is 3. The van der Waals surface area contributed by atoms with Crippen LogP contribution in [0, 0.1) is 5.92 Å². The van der Waals surface area contributed by atoms with E-state index in [1.807, 2.05) is 0 Å². The molecule has 0 heterocycles. The van der Waals surface area contributed by atoms with Crippen LogP contribution >= 0.6 is 0 Å². The van der Waals surface area contributed by atoms with Crippen LogP contribution in [-0.2, 0) is 9.59 Å². The highest BCUT2D eigenvalue weighted by atomic mass is 19.4. The number of carbonyl (C=O) groups is 2. The molecule has 1 aliphatic carbocycles. The zero-order chi connectivity index (χ0) is 14.3. The molecule has 106 valence electrons. The van der Waals surface area contributed by atoms with Crippen LogP contribution in [0.5, 0.6) is 0 Å². The van der Waals surface area contributed by atoms with Crippen LogP contribution in [0.15, 0.2) is 0 Å². The maximum Gasteiger partial charge on any atom is 0.490 e. The predicted molar refractivity (Wildman–Crippen MR) is 58.9 cm³/mol. The van der Waals surface area contributed by atoms with Crippen molar-refractivity contribution < 1.29 is 27.9 Å². The van der Waals surface area contributed by atoms with Gasteiger partial charge in [0.1, 0.15) is 5.78 Å². The minimum absolute atomic E-state index is 0.325. The Morgan fingerprint density at radius 1 is 1.22 bits per heavy atom. The van der Waals surface area contributed by atoms with Gasteiger partial charge in [-0.25, -0.2) is 4.79 Å². The van der Waals surface area contributed by atoms with E-state index >= 15 is 0 Å². The van der Waals surface area contributed by atoms with Gasteiger partial charge in [-0.1, -0.05) is 0 Å². The first-order valence-corrected chi connectivity index (χ1v) is 5.68. The van der Waals surface area contributed by atoms with Gasteiger partial charge in [-0.05, 0) is 38.5 Å². The summed E-state index contributed by atoms with van der Waals surface area (Å²) in [6.07, 6.45) is 0.212. The number of rotatable bonds is 2. The van der Waals surface area contributed by atoms with Crippen molar-refractivity contribution in [1.82, 2.24) is 0 Å². The molecular weight excluding hydrogens is 251 g/mol. The summed E-state index contributed by atoms with van der Waals surface area (Å²) in [6, 6.07) is 0.401. The van der Waals surface area contributed by atoms with E-state index in [2.05, 4.69) is 0 Å². The second-order valence-electron chi connectivity index (χ2n) is 4.49. The number of carbonyl (C=O) groups excluding carboxylic acids is 1. The van der Waals surface area contributed by atoms with Crippen molar-refractivity contribution in [2.45, 2.75) is 51.2 Å². The molecule has 7 heteroatoms. The quantitative estimate of drug-likeness (QED) is 0.804. The summed E-state index contributed by atoms with van der Waals surface area (Å²) >= 11 is 0. The second kappa shape index (κ2) is 7.35. The molecule has 1 rings (SSSR count). The van der Waals surface area contributed by atoms with Crippen molar-refractivity contribution in [2.24, 2.45) is 11.7 Å². The first-order valence-electron chi connectivity index (χ1n) is 5.68. The van der Waals surface area contributed by atoms with Crippen molar-refractivity contribution >= 4 is 11.8 Å². The van der Waals surface area contributed by atoms with E-state index in [-0.39, 0.29) is 0 Å². The number of ketones is 1. The van der Waals surface area contributed by atoms with Gasteiger partial charge in [0.05, 0.1) is 0 Å². The monoisotopic (exact) mass is 269 g/mol.